The van der Waals surface area contributed by atoms with E-state index in [-0.39, 0.29) is 5.97 Å². The standard InChI is InChI=1S/C12H20O3/c1-10-5-3-4-6-11(10)9-15-8-7-12(13)14-2/h3-4,10-11H,5-9H2,1-2H3. The molecule has 2 atom stereocenters. The largest absolute Gasteiger partial charge is 0.469 e. The number of methoxy groups -OCH3 is 1. The molecule has 1 aliphatic rings. The molecule has 0 aromatic heterocycles. The molecule has 0 amide bonds. The molecule has 15 heavy (non-hydrogen) atoms. The van der Waals surface area contributed by atoms with Crippen LogP contribution in [0.1, 0.15) is 26.2 Å². The van der Waals surface area contributed by atoms with Crippen molar-refractivity contribution in [3.63, 3.8) is 0 Å². The van der Waals surface area contributed by atoms with Crippen LogP contribution in [-0.2, 0) is 14.3 Å². The van der Waals surface area contributed by atoms with Crippen molar-refractivity contribution in [2.75, 3.05) is 20.3 Å². The highest BCUT2D eigenvalue weighted by atomic mass is 16.5. The van der Waals surface area contributed by atoms with Gasteiger partial charge < -0.3 is 9.47 Å². The number of ether oxygens (including phenoxy) is 2. The maximum Gasteiger partial charge on any atom is 0.307 e. The second-order valence-electron chi connectivity index (χ2n) is 4.08. The number of carbonyl (C=O) groups excluding carboxylic acids is 1. The van der Waals surface area contributed by atoms with Crippen molar-refractivity contribution < 1.29 is 14.3 Å². The first-order valence-corrected chi connectivity index (χ1v) is 5.53. The van der Waals surface area contributed by atoms with E-state index in [0.717, 1.165) is 19.4 Å². The first kappa shape index (κ1) is 12.2. The number of carbonyl (C=O) groups is 1. The van der Waals surface area contributed by atoms with Gasteiger partial charge in [0.05, 0.1) is 20.1 Å². The van der Waals surface area contributed by atoms with Gasteiger partial charge in [0.1, 0.15) is 0 Å². The Bertz CT molecular complexity index is 223. The Hall–Kier alpha value is -0.830. The summed E-state index contributed by atoms with van der Waals surface area (Å²) in [5.74, 6) is 1.09. The van der Waals surface area contributed by atoms with Crippen LogP contribution in [0.15, 0.2) is 12.2 Å². The van der Waals surface area contributed by atoms with Gasteiger partial charge in [-0.25, -0.2) is 0 Å². The maximum atomic E-state index is 10.8. The molecule has 0 bridgehead atoms. The van der Waals surface area contributed by atoms with Crippen LogP contribution in [-0.4, -0.2) is 26.3 Å². The zero-order valence-electron chi connectivity index (χ0n) is 9.57. The van der Waals surface area contributed by atoms with Crippen LogP contribution in [0.5, 0.6) is 0 Å². The lowest BCUT2D eigenvalue weighted by Gasteiger charge is -2.24. The Morgan fingerprint density at radius 1 is 1.40 bits per heavy atom. The van der Waals surface area contributed by atoms with E-state index in [0.29, 0.717) is 24.9 Å². The summed E-state index contributed by atoms with van der Waals surface area (Å²) in [6, 6.07) is 0. The van der Waals surface area contributed by atoms with Crippen molar-refractivity contribution in [3.05, 3.63) is 12.2 Å². The normalized spacial score (nSPS) is 25.2. The number of allylic oxidation sites excluding steroid dienone is 2. The number of esters is 1. The van der Waals surface area contributed by atoms with Crippen molar-refractivity contribution >= 4 is 5.97 Å². The molecule has 0 spiro atoms. The van der Waals surface area contributed by atoms with Gasteiger partial charge in [-0.2, -0.15) is 0 Å². The second-order valence-corrected chi connectivity index (χ2v) is 4.08. The summed E-state index contributed by atoms with van der Waals surface area (Å²) in [6.45, 7) is 3.47. The van der Waals surface area contributed by atoms with Crippen molar-refractivity contribution in [2.45, 2.75) is 26.2 Å². The average molecular weight is 212 g/mol. The quantitative estimate of drug-likeness (QED) is 0.398. The monoisotopic (exact) mass is 212 g/mol. The number of rotatable bonds is 5. The van der Waals surface area contributed by atoms with Crippen LogP contribution in [0.3, 0.4) is 0 Å². The lowest BCUT2D eigenvalue weighted by molar-refractivity contribution is -0.141. The molecule has 0 N–H and O–H groups in total. The van der Waals surface area contributed by atoms with Gasteiger partial charge in [0.2, 0.25) is 0 Å². The lowest BCUT2D eigenvalue weighted by Crippen LogP contribution is -2.20. The number of hydrogen-bond donors (Lipinski definition) is 0. The minimum Gasteiger partial charge on any atom is -0.469 e. The second kappa shape index (κ2) is 6.62. The molecule has 0 fully saturated rings. The smallest absolute Gasteiger partial charge is 0.307 e. The molecule has 3 nitrogen and oxygen atoms in total. The van der Waals surface area contributed by atoms with Gasteiger partial charge in [-0.15, -0.1) is 0 Å². The zero-order chi connectivity index (χ0) is 11.1. The fourth-order valence-corrected chi connectivity index (χ4v) is 1.73. The molecule has 0 aromatic rings. The molecule has 86 valence electrons. The first-order chi connectivity index (χ1) is 7.24. The third-order valence-corrected chi connectivity index (χ3v) is 2.93. The average Bonchev–Trinajstić information content (AvgIpc) is 2.26. The molecule has 1 aliphatic carbocycles. The molecule has 0 aromatic carbocycles. The molecule has 0 heterocycles. The third-order valence-electron chi connectivity index (χ3n) is 2.93. The van der Waals surface area contributed by atoms with E-state index in [4.69, 9.17) is 4.74 Å². The summed E-state index contributed by atoms with van der Waals surface area (Å²) in [5.41, 5.74) is 0. The molecule has 0 radical (unpaired) electrons. The van der Waals surface area contributed by atoms with Gasteiger partial charge in [-0.3, -0.25) is 4.79 Å². The summed E-state index contributed by atoms with van der Waals surface area (Å²) >= 11 is 0. The number of hydrogen-bond acceptors (Lipinski definition) is 3. The SMILES string of the molecule is COC(=O)CCOCC1CC=CCC1C. The summed E-state index contributed by atoms with van der Waals surface area (Å²) < 4.78 is 10.0. The molecule has 0 saturated heterocycles. The maximum absolute atomic E-state index is 10.8. The van der Waals surface area contributed by atoms with E-state index in [1.54, 1.807) is 0 Å². The fourth-order valence-electron chi connectivity index (χ4n) is 1.73. The van der Waals surface area contributed by atoms with Gasteiger partial charge in [0.15, 0.2) is 0 Å². The van der Waals surface area contributed by atoms with Crippen LogP contribution in [0, 0.1) is 11.8 Å². The zero-order valence-corrected chi connectivity index (χ0v) is 9.57. The minimum atomic E-state index is -0.202. The van der Waals surface area contributed by atoms with Gasteiger partial charge >= 0.3 is 5.97 Å². The Morgan fingerprint density at radius 2 is 2.13 bits per heavy atom. The van der Waals surface area contributed by atoms with Crippen LogP contribution in [0.4, 0.5) is 0 Å². The Labute approximate surface area is 91.4 Å². The third kappa shape index (κ3) is 4.47. The van der Waals surface area contributed by atoms with Gasteiger partial charge in [-0.05, 0) is 24.7 Å². The summed E-state index contributed by atoms with van der Waals surface area (Å²) in [4.78, 5) is 10.8. The van der Waals surface area contributed by atoms with E-state index < -0.39 is 0 Å². The van der Waals surface area contributed by atoms with E-state index >= 15 is 0 Å². The molecule has 0 saturated carbocycles. The summed E-state index contributed by atoms with van der Waals surface area (Å²) in [6.07, 6.45) is 7.04. The van der Waals surface area contributed by atoms with Crippen molar-refractivity contribution in [2.24, 2.45) is 11.8 Å². The molecular formula is C12H20O3. The van der Waals surface area contributed by atoms with Crippen LogP contribution < -0.4 is 0 Å². The highest BCUT2D eigenvalue weighted by molar-refractivity contribution is 5.69. The van der Waals surface area contributed by atoms with Crippen LogP contribution in [0.2, 0.25) is 0 Å². The predicted octanol–water partition coefficient (Wildman–Crippen LogP) is 2.17. The van der Waals surface area contributed by atoms with Gasteiger partial charge in [0, 0.05) is 6.61 Å². The Kier molecular flexibility index (Phi) is 5.40. The molecule has 1 rings (SSSR count). The summed E-state index contributed by atoms with van der Waals surface area (Å²) in [7, 11) is 1.40. The van der Waals surface area contributed by atoms with Crippen molar-refractivity contribution in [3.8, 4) is 0 Å². The van der Waals surface area contributed by atoms with Crippen molar-refractivity contribution in [1.29, 1.82) is 0 Å². The van der Waals surface area contributed by atoms with Gasteiger partial charge in [-0.1, -0.05) is 19.1 Å². The predicted molar refractivity (Wildman–Crippen MR) is 58.5 cm³/mol. The van der Waals surface area contributed by atoms with E-state index in [1.165, 1.54) is 7.11 Å². The first-order valence-electron chi connectivity index (χ1n) is 5.53. The van der Waals surface area contributed by atoms with E-state index in [1.807, 2.05) is 0 Å². The summed E-state index contributed by atoms with van der Waals surface area (Å²) in [5, 5.41) is 0. The van der Waals surface area contributed by atoms with Crippen molar-refractivity contribution in [1.82, 2.24) is 0 Å². The molecule has 0 aliphatic heterocycles. The minimum absolute atomic E-state index is 0.202. The van der Waals surface area contributed by atoms with Gasteiger partial charge in [0.25, 0.3) is 0 Å². The Morgan fingerprint density at radius 3 is 2.80 bits per heavy atom. The van der Waals surface area contributed by atoms with Crippen LogP contribution in [0.25, 0.3) is 0 Å². The fraction of sp³-hybridized carbons (Fsp3) is 0.750. The molecule has 3 heteroatoms. The van der Waals surface area contributed by atoms with Crippen LogP contribution >= 0.6 is 0 Å². The lowest BCUT2D eigenvalue weighted by atomic mass is 9.85. The highest BCUT2D eigenvalue weighted by Gasteiger charge is 2.18. The molecular weight excluding hydrogens is 192 g/mol. The highest BCUT2D eigenvalue weighted by Crippen LogP contribution is 2.24. The Balaban J connectivity index is 2.09. The van der Waals surface area contributed by atoms with E-state index in [9.17, 15) is 4.79 Å². The van der Waals surface area contributed by atoms with E-state index in [2.05, 4.69) is 23.8 Å². The molecule has 2 unspecified atom stereocenters. The topological polar surface area (TPSA) is 35.5 Å².